The molecular formula is C20H21N3O5. The molecule has 0 unspecified atom stereocenters. The average molecular weight is 383 g/mol. The summed E-state index contributed by atoms with van der Waals surface area (Å²) >= 11 is 0. The first-order valence-electron chi connectivity index (χ1n) is 8.66. The number of para-hydroxylation sites is 1. The molecule has 2 N–H and O–H groups in total. The minimum atomic E-state index is -0.509. The maximum Gasteiger partial charge on any atom is 0.245 e. The summed E-state index contributed by atoms with van der Waals surface area (Å²) in [6, 6.07) is 12.0. The number of nitrogens with zero attached hydrogens (tertiary/aromatic N) is 2. The van der Waals surface area contributed by atoms with Crippen molar-refractivity contribution in [2.45, 2.75) is 6.42 Å². The Morgan fingerprint density at radius 3 is 2.64 bits per heavy atom. The van der Waals surface area contributed by atoms with Gasteiger partial charge >= 0.3 is 0 Å². The molecule has 1 saturated heterocycles. The third kappa shape index (κ3) is 4.06. The van der Waals surface area contributed by atoms with Crippen molar-refractivity contribution in [3.63, 3.8) is 0 Å². The standard InChI is InChI=1S/C20H21N3O5/c1-27-16-8-6-15(7-9-16)23-12-14(10-18(23)24)20(26)22-21-11-13-4-3-5-17(28-2)19(13)25/h3-9,11,14,25H,10,12H2,1-2H3,(H,22,26)/b21-11+/t14-/m0/s1. The fraction of sp³-hybridized carbons (Fsp3) is 0.250. The van der Waals surface area contributed by atoms with Gasteiger partial charge in [-0.05, 0) is 36.4 Å². The van der Waals surface area contributed by atoms with Gasteiger partial charge in [0.2, 0.25) is 11.8 Å². The van der Waals surface area contributed by atoms with E-state index < -0.39 is 5.92 Å². The van der Waals surface area contributed by atoms with E-state index in [-0.39, 0.29) is 30.5 Å². The number of anilines is 1. The molecule has 1 aliphatic rings. The molecule has 0 saturated carbocycles. The lowest BCUT2D eigenvalue weighted by Crippen LogP contribution is -2.30. The fourth-order valence-corrected chi connectivity index (χ4v) is 2.96. The molecule has 8 heteroatoms. The summed E-state index contributed by atoms with van der Waals surface area (Å²) in [5.74, 6) is -0.0512. The minimum Gasteiger partial charge on any atom is -0.504 e. The van der Waals surface area contributed by atoms with E-state index in [9.17, 15) is 14.7 Å². The van der Waals surface area contributed by atoms with Gasteiger partial charge in [-0.3, -0.25) is 9.59 Å². The SMILES string of the molecule is COc1ccc(N2C[C@@H](C(=O)N/N=C/c3cccc(OC)c3O)CC2=O)cc1. The van der Waals surface area contributed by atoms with E-state index in [1.54, 1.807) is 54.5 Å². The normalized spacial score (nSPS) is 16.4. The summed E-state index contributed by atoms with van der Waals surface area (Å²) in [6.07, 6.45) is 1.44. The van der Waals surface area contributed by atoms with Crippen molar-refractivity contribution in [3.8, 4) is 17.2 Å². The summed E-state index contributed by atoms with van der Waals surface area (Å²) in [7, 11) is 3.02. The Bertz CT molecular complexity index is 895. The molecule has 2 aromatic rings. The topological polar surface area (TPSA) is 100 Å². The van der Waals surface area contributed by atoms with Crippen molar-refractivity contribution in [1.82, 2.24) is 5.43 Å². The lowest BCUT2D eigenvalue weighted by atomic mass is 10.1. The van der Waals surface area contributed by atoms with Crippen molar-refractivity contribution < 1.29 is 24.2 Å². The maximum absolute atomic E-state index is 12.4. The van der Waals surface area contributed by atoms with Crippen LogP contribution in [0.15, 0.2) is 47.6 Å². The molecule has 3 rings (SSSR count). The van der Waals surface area contributed by atoms with Gasteiger partial charge in [0.25, 0.3) is 0 Å². The third-order valence-corrected chi connectivity index (χ3v) is 4.51. The Balaban J connectivity index is 1.61. The van der Waals surface area contributed by atoms with Gasteiger partial charge in [-0.25, -0.2) is 5.43 Å². The Hall–Kier alpha value is -3.55. The molecule has 2 aromatic carbocycles. The van der Waals surface area contributed by atoms with Gasteiger partial charge in [0.1, 0.15) is 5.75 Å². The Morgan fingerprint density at radius 1 is 1.21 bits per heavy atom. The van der Waals surface area contributed by atoms with E-state index >= 15 is 0 Å². The quantitative estimate of drug-likeness (QED) is 0.586. The van der Waals surface area contributed by atoms with Crippen LogP contribution in [-0.2, 0) is 9.59 Å². The molecule has 28 heavy (non-hydrogen) atoms. The summed E-state index contributed by atoms with van der Waals surface area (Å²) in [5.41, 5.74) is 3.55. The molecule has 0 aromatic heterocycles. The van der Waals surface area contributed by atoms with Crippen LogP contribution in [0.2, 0.25) is 0 Å². The Kier molecular flexibility index (Phi) is 5.78. The monoisotopic (exact) mass is 383 g/mol. The molecule has 1 fully saturated rings. The van der Waals surface area contributed by atoms with Gasteiger partial charge in [-0.15, -0.1) is 0 Å². The summed E-state index contributed by atoms with van der Waals surface area (Å²) in [6.45, 7) is 0.275. The lowest BCUT2D eigenvalue weighted by Gasteiger charge is -2.16. The average Bonchev–Trinajstić information content (AvgIpc) is 3.11. The maximum atomic E-state index is 12.4. The van der Waals surface area contributed by atoms with Crippen molar-refractivity contribution in [3.05, 3.63) is 48.0 Å². The predicted octanol–water partition coefficient (Wildman–Crippen LogP) is 1.91. The van der Waals surface area contributed by atoms with Crippen molar-refractivity contribution in [1.29, 1.82) is 0 Å². The number of aromatic hydroxyl groups is 1. The molecule has 0 bridgehead atoms. The third-order valence-electron chi connectivity index (χ3n) is 4.51. The Labute approximate surface area is 162 Å². The molecule has 1 heterocycles. The van der Waals surface area contributed by atoms with Crippen LogP contribution >= 0.6 is 0 Å². The molecule has 146 valence electrons. The highest BCUT2D eigenvalue weighted by molar-refractivity contribution is 6.00. The van der Waals surface area contributed by atoms with Crippen molar-refractivity contribution >= 4 is 23.7 Å². The number of methoxy groups -OCH3 is 2. The minimum absolute atomic E-state index is 0.0651. The second kappa shape index (κ2) is 8.43. The summed E-state index contributed by atoms with van der Waals surface area (Å²) in [5, 5.41) is 13.9. The number of phenolic OH excluding ortho intramolecular Hbond substituents is 1. The highest BCUT2D eigenvalue weighted by Crippen LogP contribution is 2.28. The number of ether oxygens (including phenoxy) is 2. The highest BCUT2D eigenvalue weighted by atomic mass is 16.5. The van der Waals surface area contributed by atoms with E-state index in [1.165, 1.54) is 13.3 Å². The number of phenols is 1. The number of carbonyl (C=O) groups is 2. The van der Waals surface area contributed by atoms with E-state index in [2.05, 4.69) is 10.5 Å². The number of hydrazone groups is 1. The van der Waals surface area contributed by atoms with E-state index in [1.807, 2.05) is 0 Å². The molecule has 0 aliphatic carbocycles. The number of rotatable bonds is 6. The van der Waals surface area contributed by atoms with Crippen molar-refractivity contribution in [2.75, 3.05) is 25.7 Å². The summed E-state index contributed by atoms with van der Waals surface area (Å²) < 4.78 is 10.1. The van der Waals surface area contributed by atoms with Crippen LogP contribution in [-0.4, -0.2) is 43.9 Å². The van der Waals surface area contributed by atoms with Crippen molar-refractivity contribution in [2.24, 2.45) is 11.0 Å². The zero-order valence-corrected chi connectivity index (χ0v) is 15.6. The van der Waals surface area contributed by atoms with Gasteiger partial charge in [-0.1, -0.05) is 6.07 Å². The van der Waals surface area contributed by atoms with Gasteiger partial charge in [0.15, 0.2) is 11.5 Å². The van der Waals surface area contributed by atoms with Gasteiger partial charge in [0.05, 0.1) is 26.4 Å². The predicted molar refractivity (Wildman–Crippen MR) is 104 cm³/mol. The zero-order chi connectivity index (χ0) is 20.1. The number of hydrogen-bond acceptors (Lipinski definition) is 6. The molecule has 0 spiro atoms. The Morgan fingerprint density at radius 2 is 1.96 bits per heavy atom. The molecule has 0 radical (unpaired) electrons. The lowest BCUT2D eigenvalue weighted by molar-refractivity contribution is -0.126. The molecule has 2 amide bonds. The van der Waals surface area contributed by atoms with Gasteiger partial charge in [-0.2, -0.15) is 5.10 Å². The number of carbonyl (C=O) groups excluding carboxylic acids is 2. The molecular weight excluding hydrogens is 362 g/mol. The molecule has 8 nitrogen and oxygen atoms in total. The molecule has 1 atom stereocenters. The number of benzene rings is 2. The second-order valence-corrected chi connectivity index (χ2v) is 6.24. The van der Waals surface area contributed by atoms with Crippen LogP contribution < -0.4 is 19.8 Å². The number of amides is 2. The van der Waals surface area contributed by atoms with Gasteiger partial charge < -0.3 is 19.5 Å². The summed E-state index contributed by atoms with van der Waals surface area (Å²) in [4.78, 5) is 26.2. The first kappa shape index (κ1) is 19.2. The first-order chi connectivity index (χ1) is 13.5. The van der Waals surface area contributed by atoms with E-state index in [4.69, 9.17) is 9.47 Å². The largest absolute Gasteiger partial charge is 0.504 e. The number of hydrogen-bond donors (Lipinski definition) is 2. The van der Waals surface area contributed by atoms with Crippen LogP contribution in [0.25, 0.3) is 0 Å². The highest BCUT2D eigenvalue weighted by Gasteiger charge is 2.35. The van der Waals surface area contributed by atoms with Gasteiger partial charge in [0, 0.05) is 24.2 Å². The van der Waals surface area contributed by atoms with Crippen LogP contribution in [0.1, 0.15) is 12.0 Å². The number of nitrogens with one attached hydrogen (secondary N) is 1. The molecule has 1 aliphatic heterocycles. The van der Waals surface area contributed by atoms with E-state index in [0.29, 0.717) is 22.7 Å². The smallest absolute Gasteiger partial charge is 0.245 e. The first-order valence-corrected chi connectivity index (χ1v) is 8.66. The second-order valence-electron chi connectivity index (χ2n) is 6.24. The fourth-order valence-electron chi connectivity index (χ4n) is 2.96. The van der Waals surface area contributed by atoms with Crippen LogP contribution in [0.5, 0.6) is 17.2 Å². The van der Waals surface area contributed by atoms with Crippen LogP contribution in [0.3, 0.4) is 0 Å². The van der Waals surface area contributed by atoms with Crippen LogP contribution in [0, 0.1) is 5.92 Å². The van der Waals surface area contributed by atoms with E-state index in [0.717, 1.165) is 0 Å². The van der Waals surface area contributed by atoms with Crippen LogP contribution in [0.4, 0.5) is 5.69 Å². The zero-order valence-electron chi connectivity index (χ0n) is 15.6.